The van der Waals surface area contributed by atoms with Crippen LogP contribution < -0.4 is 10.6 Å². The van der Waals surface area contributed by atoms with Crippen molar-refractivity contribution in [2.24, 2.45) is 0 Å². The van der Waals surface area contributed by atoms with Crippen LogP contribution in [-0.4, -0.2) is 18.8 Å². The second-order valence-electron chi connectivity index (χ2n) is 3.17. The third kappa shape index (κ3) is 2.27. The van der Waals surface area contributed by atoms with Crippen LogP contribution in [0.4, 0.5) is 0 Å². The summed E-state index contributed by atoms with van der Waals surface area (Å²) in [6.45, 7) is 5.59. The SMILES string of the molecule is CCCCC1NCC(C)N1. The van der Waals surface area contributed by atoms with Gasteiger partial charge in [-0.25, -0.2) is 0 Å². The molecule has 0 aromatic carbocycles. The summed E-state index contributed by atoms with van der Waals surface area (Å²) in [5.41, 5.74) is 0. The standard InChI is InChI=1S/C8H18N2/c1-3-4-5-8-9-6-7(2)10-8/h7-10H,3-6H2,1-2H3. The monoisotopic (exact) mass is 142 g/mol. The molecule has 60 valence electrons. The van der Waals surface area contributed by atoms with E-state index in [9.17, 15) is 0 Å². The summed E-state index contributed by atoms with van der Waals surface area (Å²) in [6.07, 6.45) is 4.50. The van der Waals surface area contributed by atoms with Crippen molar-refractivity contribution < 1.29 is 0 Å². The van der Waals surface area contributed by atoms with Crippen molar-refractivity contribution in [1.82, 2.24) is 10.6 Å². The van der Waals surface area contributed by atoms with E-state index in [0.29, 0.717) is 12.2 Å². The molecule has 2 N–H and O–H groups in total. The zero-order valence-corrected chi connectivity index (χ0v) is 6.98. The predicted molar refractivity (Wildman–Crippen MR) is 43.9 cm³/mol. The molecule has 2 heteroatoms. The highest BCUT2D eigenvalue weighted by Crippen LogP contribution is 2.02. The van der Waals surface area contributed by atoms with Crippen molar-refractivity contribution in [3.63, 3.8) is 0 Å². The van der Waals surface area contributed by atoms with E-state index in [1.54, 1.807) is 0 Å². The molecular formula is C8H18N2. The molecule has 0 amide bonds. The van der Waals surface area contributed by atoms with Gasteiger partial charge in [0.25, 0.3) is 0 Å². The predicted octanol–water partition coefficient (Wildman–Crippen LogP) is 1.08. The first-order chi connectivity index (χ1) is 4.83. The van der Waals surface area contributed by atoms with Crippen LogP contribution in [0.5, 0.6) is 0 Å². The van der Waals surface area contributed by atoms with Crippen molar-refractivity contribution in [3.8, 4) is 0 Å². The Hall–Kier alpha value is -0.0800. The molecule has 0 aromatic heterocycles. The second kappa shape index (κ2) is 3.94. The fraction of sp³-hybridized carbons (Fsp3) is 1.00. The van der Waals surface area contributed by atoms with Crippen LogP contribution in [-0.2, 0) is 0 Å². The van der Waals surface area contributed by atoms with Crippen LogP contribution in [0, 0.1) is 0 Å². The van der Waals surface area contributed by atoms with Crippen molar-refractivity contribution in [2.75, 3.05) is 6.54 Å². The van der Waals surface area contributed by atoms with Gasteiger partial charge in [0.05, 0.1) is 6.17 Å². The maximum Gasteiger partial charge on any atom is 0.0574 e. The minimum absolute atomic E-state index is 0.593. The lowest BCUT2D eigenvalue weighted by Crippen LogP contribution is -2.32. The van der Waals surface area contributed by atoms with Crippen LogP contribution in [0.1, 0.15) is 33.1 Å². The molecule has 2 atom stereocenters. The Morgan fingerprint density at radius 3 is 2.80 bits per heavy atom. The van der Waals surface area contributed by atoms with Crippen molar-refractivity contribution in [1.29, 1.82) is 0 Å². The summed E-state index contributed by atoms with van der Waals surface area (Å²) >= 11 is 0. The van der Waals surface area contributed by atoms with E-state index in [4.69, 9.17) is 0 Å². The Kier molecular flexibility index (Phi) is 3.16. The molecule has 0 saturated carbocycles. The molecule has 1 aliphatic heterocycles. The van der Waals surface area contributed by atoms with Crippen molar-refractivity contribution in [2.45, 2.75) is 45.3 Å². The van der Waals surface area contributed by atoms with Crippen molar-refractivity contribution in [3.05, 3.63) is 0 Å². The van der Waals surface area contributed by atoms with Gasteiger partial charge in [0, 0.05) is 12.6 Å². The highest BCUT2D eigenvalue weighted by molar-refractivity contribution is 4.79. The number of nitrogens with one attached hydrogen (secondary N) is 2. The summed E-state index contributed by atoms with van der Waals surface area (Å²) in [6, 6.07) is 0.668. The van der Waals surface area contributed by atoms with Crippen LogP contribution in [0.15, 0.2) is 0 Å². The van der Waals surface area contributed by atoms with Crippen LogP contribution in [0.25, 0.3) is 0 Å². The molecule has 1 aliphatic rings. The van der Waals surface area contributed by atoms with Gasteiger partial charge in [-0.15, -0.1) is 0 Å². The molecule has 2 nitrogen and oxygen atoms in total. The lowest BCUT2D eigenvalue weighted by atomic mass is 10.2. The summed E-state index contributed by atoms with van der Waals surface area (Å²) in [5, 5.41) is 6.91. The van der Waals surface area contributed by atoms with E-state index in [1.165, 1.54) is 19.3 Å². The topological polar surface area (TPSA) is 24.1 Å². The van der Waals surface area contributed by atoms with Gasteiger partial charge in [0.1, 0.15) is 0 Å². The molecular weight excluding hydrogens is 124 g/mol. The molecule has 1 saturated heterocycles. The smallest absolute Gasteiger partial charge is 0.0574 e. The van der Waals surface area contributed by atoms with E-state index in [0.717, 1.165) is 6.54 Å². The first kappa shape index (κ1) is 8.02. The van der Waals surface area contributed by atoms with E-state index in [2.05, 4.69) is 24.5 Å². The molecule has 1 rings (SSSR count). The molecule has 10 heavy (non-hydrogen) atoms. The normalized spacial score (nSPS) is 33.0. The van der Waals surface area contributed by atoms with E-state index in [-0.39, 0.29) is 0 Å². The van der Waals surface area contributed by atoms with Gasteiger partial charge in [-0.1, -0.05) is 19.8 Å². The lowest BCUT2D eigenvalue weighted by molar-refractivity contribution is 0.478. The number of rotatable bonds is 3. The molecule has 1 heterocycles. The second-order valence-corrected chi connectivity index (χ2v) is 3.17. The zero-order chi connectivity index (χ0) is 7.40. The molecule has 1 fully saturated rings. The highest BCUT2D eigenvalue weighted by atomic mass is 15.2. The Labute approximate surface area is 63.4 Å². The highest BCUT2D eigenvalue weighted by Gasteiger charge is 2.17. The average molecular weight is 142 g/mol. The van der Waals surface area contributed by atoms with Crippen LogP contribution in [0.2, 0.25) is 0 Å². The number of unbranched alkanes of at least 4 members (excludes halogenated alkanes) is 1. The third-order valence-electron chi connectivity index (χ3n) is 2.00. The average Bonchev–Trinajstić information content (AvgIpc) is 2.31. The van der Waals surface area contributed by atoms with E-state index < -0.39 is 0 Å². The van der Waals surface area contributed by atoms with E-state index in [1.807, 2.05) is 0 Å². The Morgan fingerprint density at radius 2 is 2.30 bits per heavy atom. The Balaban J connectivity index is 2.06. The fourth-order valence-corrected chi connectivity index (χ4v) is 1.37. The lowest BCUT2D eigenvalue weighted by Gasteiger charge is -2.09. The largest absolute Gasteiger partial charge is 0.300 e. The summed E-state index contributed by atoms with van der Waals surface area (Å²) in [5.74, 6) is 0. The molecule has 0 bridgehead atoms. The summed E-state index contributed by atoms with van der Waals surface area (Å²) in [4.78, 5) is 0. The van der Waals surface area contributed by atoms with Gasteiger partial charge in [-0.2, -0.15) is 0 Å². The Bertz CT molecular complexity index is 93.3. The first-order valence-corrected chi connectivity index (χ1v) is 4.32. The maximum absolute atomic E-state index is 3.48. The van der Waals surface area contributed by atoms with Crippen LogP contribution in [0.3, 0.4) is 0 Å². The summed E-state index contributed by atoms with van der Waals surface area (Å²) in [7, 11) is 0. The quantitative estimate of drug-likeness (QED) is 0.616. The molecule has 0 spiro atoms. The van der Waals surface area contributed by atoms with Gasteiger partial charge >= 0.3 is 0 Å². The maximum atomic E-state index is 3.48. The molecule has 0 aliphatic carbocycles. The first-order valence-electron chi connectivity index (χ1n) is 4.32. The van der Waals surface area contributed by atoms with Gasteiger partial charge in [0.15, 0.2) is 0 Å². The van der Waals surface area contributed by atoms with Crippen LogP contribution >= 0.6 is 0 Å². The Morgan fingerprint density at radius 1 is 1.50 bits per heavy atom. The van der Waals surface area contributed by atoms with Gasteiger partial charge in [-0.05, 0) is 13.3 Å². The molecule has 0 aromatic rings. The molecule has 2 unspecified atom stereocenters. The molecule has 0 radical (unpaired) electrons. The number of hydrogen-bond acceptors (Lipinski definition) is 2. The minimum atomic E-state index is 0.593. The van der Waals surface area contributed by atoms with E-state index >= 15 is 0 Å². The van der Waals surface area contributed by atoms with Gasteiger partial charge in [-0.3, -0.25) is 5.32 Å². The fourth-order valence-electron chi connectivity index (χ4n) is 1.37. The zero-order valence-electron chi connectivity index (χ0n) is 6.98. The van der Waals surface area contributed by atoms with Gasteiger partial charge in [0.2, 0.25) is 0 Å². The van der Waals surface area contributed by atoms with Crippen molar-refractivity contribution >= 4 is 0 Å². The summed E-state index contributed by atoms with van der Waals surface area (Å²) < 4.78 is 0. The minimum Gasteiger partial charge on any atom is -0.300 e. The third-order valence-corrected chi connectivity index (χ3v) is 2.00. The number of hydrogen-bond donors (Lipinski definition) is 2. The van der Waals surface area contributed by atoms with Gasteiger partial charge < -0.3 is 5.32 Å².